The highest BCUT2D eigenvalue weighted by Crippen LogP contribution is 2.32. The minimum atomic E-state index is -0.484. The molecular formula is C13H14ClN3O3. The molecule has 0 bridgehead atoms. The maximum Gasteiger partial charge on any atom is 0.311 e. The standard InChI is InChI=1S/C13H14ClN3O3/c1-2-5-16-9-11(8-15-16)20-13-4-3-10(7-14)6-12(13)17(18)19/h3-4,6,8-9H,2,5,7H2,1H3. The Labute approximate surface area is 121 Å². The van der Waals surface area contributed by atoms with Crippen LogP contribution in [0.4, 0.5) is 5.69 Å². The van der Waals surface area contributed by atoms with Crippen molar-refractivity contribution in [3.8, 4) is 11.5 Å². The molecule has 0 atom stereocenters. The molecule has 2 aromatic rings. The van der Waals surface area contributed by atoms with Crippen LogP contribution in [0.15, 0.2) is 30.6 Å². The molecular weight excluding hydrogens is 282 g/mol. The van der Waals surface area contributed by atoms with E-state index in [2.05, 4.69) is 5.10 Å². The molecule has 0 fully saturated rings. The van der Waals surface area contributed by atoms with E-state index in [9.17, 15) is 10.1 Å². The Hall–Kier alpha value is -2.08. The van der Waals surface area contributed by atoms with E-state index < -0.39 is 4.92 Å². The van der Waals surface area contributed by atoms with Gasteiger partial charge in [-0.25, -0.2) is 0 Å². The van der Waals surface area contributed by atoms with E-state index in [1.165, 1.54) is 12.3 Å². The molecule has 1 aromatic heterocycles. The average Bonchev–Trinajstić information content (AvgIpc) is 2.87. The first-order valence-electron chi connectivity index (χ1n) is 6.17. The zero-order valence-corrected chi connectivity index (χ0v) is 11.7. The number of hydrogen-bond acceptors (Lipinski definition) is 4. The SMILES string of the molecule is CCCn1cc(Oc2ccc(CCl)cc2[N+](=O)[O-])cn1. The average molecular weight is 296 g/mol. The van der Waals surface area contributed by atoms with Crippen LogP contribution in [0.5, 0.6) is 11.5 Å². The maximum absolute atomic E-state index is 11.0. The fraction of sp³-hybridized carbons (Fsp3) is 0.308. The van der Waals surface area contributed by atoms with Crippen LogP contribution < -0.4 is 4.74 Å². The number of aromatic nitrogens is 2. The molecule has 20 heavy (non-hydrogen) atoms. The van der Waals surface area contributed by atoms with Gasteiger partial charge in [0.1, 0.15) is 0 Å². The number of halogens is 1. The number of nitrogens with zero attached hydrogens (tertiary/aromatic N) is 3. The lowest BCUT2D eigenvalue weighted by Gasteiger charge is -2.05. The van der Waals surface area contributed by atoms with Gasteiger partial charge in [0.15, 0.2) is 5.75 Å². The highest BCUT2D eigenvalue weighted by molar-refractivity contribution is 6.17. The highest BCUT2D eigenvalue weighted by Gasteiger charge is 2.17. The van der Waals surface area contributed by atoms with Crippen molar-refractivity contribution in [1.82, 2.24) is 9.78 Å². The Kier molecular flexibility index (Phi) is 4.57. The fourth-order valence-electron chi connectivity index (χ4n) is 1.75. The molecule has 0 radical (unpaired) electrons. The third kappa shape index (κ3) is 3.27. The van der Waals surface area contributed by atoms with Crippen molar-refractivity contribution in [2.75, 3.05) is 0 Å². The first-order chi connectivity index (χ1) is 9.63. The zero-order valence-electron chi connectivity index (χ0n) is 11.0. The predicted octanol–water partition coefficient (Wildman–Crippen LogP) is 3.73. The van der Waals surface area contributed by atoms with E-state index in [-0.39, 0.29) is 17.3 Å². The van der Waals surface area contributed by atoms with Crippen LogP contribution in [-0.4, -0.2) is 14.7 Å². The number of nitro benzene ring substituents is 1. The van der Waals surface area contributed by atoms with Gasteiger partial charge in [-0.3, -0.25) is 14.8 Å². The minimum absolute atomic E-state index is 0.105. The Morgan fingerprint density at radius 1 is 1.50 bits per heavy atom. The molecule has 0 unspecified atom stereocenters. The Morgan fingerprint density at radius 3 is 2.95 bits per heavy atom. The molecule has 0 amide bonds. The van der Waals surface area contributed by atoms with E-state index >= 15 is 0 Å². The predicted molar refractivity (Wildman–Crippen MR) is 75.2 cm³/mol. The Morgan fingerprint density at radius 2 is 2.30 bits per heavy atom. The number of rotatable bonds is 6. The van der Waals surface area contributed by atoms with Crippen molar-refractivity contribution in [3.05, 3.63) is 46.3 Å². The molecule has 1 heterocycles. The smallest absolute Gasteiger partial charge is 0.311 e. The van der Waals surface area contributed by atoms with Crippen LogP contribution in [-0.2, 0) is 12.4 Å². The molecule has 0 saturated carbocycles. The van der Waals surface area contributed by atoms with Crippen molar-refractivity contribution in [2.45, 2.75) is 25.8 Å². The fourth-order valence-corrected chi connectivity index (χ4v) is 1.92. The summed E-state index contributed by atoms with van der Waals surface area (Å²) in [6.45, 7) is 2.81. The normalized spacial score (nSPS) is 10.5. The van der Waals surface area contributed by atoms with Gasteiger partial charge in [-0.1, -0.05) is 13.0 Å². The van der Waals surface area contributed by atoms with Crippen molar-refractivity contribution >= 4 is 17.3 Å². The summed E-state index contributed by atoms with van der Waals surface area (Å²) in [6.07, 6.45) is 4.20. The lowest BCUT2D eigenvalue weighted by molar-refractivity contribution is -0.385. The molecule has 0 aliphatic heterocycles. The number of ether oxygens (including phenoxy) is 1. The summed E-state index contributed by atoms with van der Waals surface area (Å²) in [7, 11) is 0. The van der Waals surface area contributed by atoms with E-state index in [4.69, 9.17) is 16.3 Å². The second kappa shape index (κ2) is 6.38. The van der Waals surface area contributed by atoms with Gasteiger partial charge in [0.25, 0.3) is 0 Å². The summed E-state index contributed by atoms with van der Waals surface area (Å²) in [5.74, 6) is 0.871. The monoisotopic (exact) mass is 295 g/mol. The molecule has 1 aromatic carbocycles. The van der Waals surface area contributed by atoms with E-state index in [1.807, 2.05) is 6.92 Å². The summed E-state index contributed by atoms with van der Waals surface area (Å²) < 4.78 is 7.26. The Bertz CT molecular complexity index is 613. The number of alkyl halides is 1. The van der Waals surface area contributed by atoms with Gasteiger partial charge in [0.2, 0.25) is 5.75 Å². The number of nitro groups is 1. The van der Waals surface area contributed by atoms with Gasteiger partial charge < -0.3 is 4.74 Å². The molecule has 0 aliphatic carbocycles. The summed E-state index contributed by atoms with van der Waals surface area (Å²) >= 11 is 5.68. The number of aryl methyl sites for hydroxylation is 1. The van der Waals surface area contributed by atoms with E-state index in [0.717, 1.165) is 13.0 Å². The van der Waals surface area contributed by atoms with Crippen molar-refractivity contribution in [1.29, 1.82) is 0 Å². The summed E-state index contributed by atoms with van der Waals surface area (Å²) in [5, 5.41) is 15.2. The van der Waals surface area contributed by atoms with Crippen LogP contribution in [0, 0.1) is 10.1 Å². The zero-order chi connectivity index (χ0) is 14.5. The summed E-state index contributed by atoms with van der Waals surface area (Å²) in [4.78, 5) is 10.6. The molecule has 0 N–H and O–H groups in total. The number of benzene rings is 1. The summed E-state index contributed by atoms with van der Waals surface area (Å²) in [5.41, 5.74) is 0.568. The molecule has 0 aliphatic rings. The van der Waals surface area contributed by atoms with Crippen LogP contribution in [0.2, 0.25) is 0 Å². The first-order valence-corrected chi connectivity index (χ1v) is 6.71. The van der Waals surface area contributed by atoms with Crippen LogP contribution >= 0.6 is 11.6 Å². The van der Waals surface area contributed by atoms with Crippen molar-refractivity contribution in [2.24, 2.45) is 0 Å². The van der Waals surface area contributed by atoms with Crippen LogP contribution in [0.3, 0.4) is 0 Å². The molecule has 106 valence electrons. The maximum atomic E-state index is 11.0. The largest absolute Gasteiger partial charge is 0.447 e. The molecule has 0 saturated heterocycles. The van der Waals surface area contributed by atoms with E-state index in [1.54, 1.807) is 23.0 Å². The van der Waals surface area contributed by atoms with Gasteiger partial charge in [-0.15, -0.1) is 11.6 Å². The highest BCUT2D eigenvalue weighted by atomic mass is 35.5. The van der Waals surface area contributed by atoms with Gasteiger partial charge in [0.05, 0.1) is 17.3 Å². The van der Waals surface area contributed by atoms with E-state index in [0.29, 0.717) is 11.3 Å². The Balaban J connectivity index is 2.25. The third-order valence-corrected chi connectivity index (χ3v) is 2.97. The lowest BCUT2D eigenvalue weighted by Crippen LogP contribution is -1.96. The molecule has 6 nitrogen and oxygen atoms in total. The van der Waals surface area contributed by atoms with Crippen LogP contribution in [0.1, 0.15) is 18.9 Å². The second-order valence-corrected chi connectivity index (χ2v) is 4.50. The molecule has 2 rings (SSSR count). The minimum Gasteiger partial charge on any atom is -0.447 e. The van der Waals surface area contributed by atoms with Gasteiger partial charge >= 0.3 is 5.69 Å². The summed E-state index contributed by atoms with van der Waals surface area (Å²) in [6, 6.07) is 4.66. The van der Waals surface area contributed by atoms with Crippen molar-refractivity contribution in [3.63, 3.8) is 0 Å². The quantitative estimate of drug-likeness (QED) is 0.462. The second-order valence-electron chi connectivity index (χ2n) is 4.23. The third-order valence-electron chi connectivity index (χ3n) is 2.66. The van der Waals surface area contributed by atoms with Crippen molar-refractivity contribution < 1.29 is 9.66 Å². The van der Waals surface area contributed by atoms with Gasteiger partial charge in [-0.2, -0.15) is 5.10 Å². The molecule has 0 spiro atoms. The van der Waals surface area contributed by atoms with Gasteiger partial charge in [-0.05, 0) is 18.1 Å². The van der Waals surface area contributed by atoms with Gasteiger partial charge in [0, 0.05) is 18.5 Å². The topological polar surface area (TPSA) is 70.2 Å². The molecule has 7 heteroatoms. The van der Waals surface area contributed by atoms with Crippen LogP contribution in [0.25, 0.3) is 0 Å². The lowest BCUT2D eigenvalue weighted by atomic mass is 10.2. The number of hydrogen-bond donors (Lipinski definition) is 0. The first kappa shape index (κ1) is 14.3.